The van der Waals surface area contributed by atoms with Crippen molar-refractivity contribution in [1.82, 2.24) is 5.32 Å². The third kappa shape index (κ3) is 4.89. The van der Waals surface area contributed by atoms with E-state index in [4.69, 9.17) is 0 Å². The highest BCUT2D eigenvalue weighted by molar-refractivity contribution is 5.27. The Morgan fingerprint density at radius 1 is 0.900 bits per heavy atom. The molecular formula is C17H29NO2. The minimum atomic E-state index is -0.560. The Kier molecular flexibility index (Phi) is 6.66. The normalized spacial score (nSPS) is 16.4. The molecule has 0 aliphatic heterocycles. The maximum Gasteiger partial charge on any atom is 0.0945 e. The van der Waals surface area contributed by atoms with Crippen LogP contribution in [0, 0.1) is 5.92 Å². The Morgan fingerprint density at radius 3 is 1.80 bits per heavy atom. The molecule has 1 aromatic rings. The largest absolute Gasteiger partial charge is 0.392 e. The lowest BCUT2D eigenvalue weighted by Crippen LogP contribution is -2.42. The van der Waals surface area contributed by atoms with Crippen molar-refractivity contribution in [2.24, 2.45) is 5.92 Å². The van der Waals surface area contributed by atoms with Gasteiger partial charge in [0.15, 0.2) is 0 Å². The van der Waals surface area contributed by atoms with E-state index in [1.807, 2.05) is 12.1 Å². The SMILES string of the molecule is CC(O)CNC(C(C)C)C(O)c1ccc(C(C)C)cc1. The number of aliphatic hydroxyl groups excluding tert-OH is 2. The van der Waals surface area contributed by atoms with Gasteiger partial charge in [0.1, 0.15) is 0 Å². The Labute approximate surface area is 123 Å². The number of hydrogen-bond donors (Lipinski definition) is 3. The topological polar surface area (TPSA) is 52.5 Å². The van der Waals surface area contributed by atoms with Gasteiger partial charge in [-0.15, -0.1) is 0 Å². The van der Waals surface area contributed by atoms with Crippen molar-refractivity contribution < 1.29 is 10.2 Å². The molecule has 0 aliphatic carbocycles. The monoisotopic (exact) mass is 279 g/mol. The lowest BCUT2D eigenvalue weighted by atomic mass is 9.91. The summed E-state index contributed by atoms with van der Waals surface area (Å²) in [6.45, 7) is 10.7. The molecule has 0 spiro atoms. The minimum absolute atomic E-state index is 0.0606. The quantitative estimate of drug-likeness (QED) is 0.719. The van der Waals surface area contributed by atoms with Gasteiger partial charge in [-0.2, -0.15) is 0 Å². The van der Waals surface area contributed by atoms with Crippen molar-refractivity contribution in [3.63, 3.8) is 0 Å². The molecular weight excluding hydrogens is 250 g/mol. The molecule has 0 aromatic heterocycles. The van der Waals surface area contributed by atoms with Crippen LogP contribution in [0.1, 0.15) is 57.8 Å². The van der Waals surface area contributed by atoms with Gasteiger partial charge in [-0.3, -0.25) is 0 Å². The summed E-state index contributed by atoms with van der Waals surface area (Å²) in [5.41, 5.74) is 2.20. The van der Waals surface area contributed by atoms with Crippen LogP contribution in [-0.4, -0.2) is 28.9 Å². The van der Waals surface area contributed by atoms with Crippen LogP contribution in [0.25, 0.3) is 0 Å². The van der Waals surface area contributed by atoms with Crippen LogP contribution in [0.4, 0.5) is 0 Å². The van der Waals surface area contributed by atoms with Gasteiger partial charge >= 0.3 is 0 Å². The van der Waals surface area contributed by atoms with Crippen molar-refractivity contribution in [3.05, 3.63) is 35.4 Å². The lowest BCUT2D eigenvalue weighted by Gasteiger charge is -2.28. The van der Waals surface area contributed by atoms with Gasteiger partial charge in [-0.1, -0.05) is 52.0 Å². The van der Waals surface area contributed by atoms with E-state index in [1.54, 1.807) is 6.92 Å². The van der Waals surface area contributed by atoms with E-state index >= 15 is 0 Å². The van der Waals surface area contributed by atoms with Crippen LogP contribution in [-0.2, 0) is 0 Å². The first-order chi connectivity index (χ1) is 9.32. The second-order valence-corrected chi connectivity index (χ2v) is 6.29. The Balaban J connectivity index is 2.80. The summed E-state index contributed by atoms with van der Waals surface area (Å²) >= 11 is 0. The second kappa shape index (κ2) is 7.77. The molecule has 0 radical (unpaired) electrons. The van der Waals surface area contributed by atoms with Gasteiger partial charge in [-0.25, -0.2) is 0 Å². The fourth-order valence-corrected chi connectivity index (χ4v) is 2.30. The molecule has 20 heavy (non-hydrogen) atoms. The first kappa shape index (κ1) is 17.2. The summed E-state index contributed by atoms with van der Waals surface area (Å²) < 4.78 is 0. The Bertz CT molecular complexity index is 384. The van der Waals surface area contributed by atoms with Crippen LogP contribution >= 0.6 is 0 Å². The molecule has 3 nitrogen and oxygen atoms in total. The highest BCUT2D eigenvalue weighted by Gasteiger charge is 2.24. The molecule has 1 aromatic carbocycles. The van der Waals surface area contributed by atoms with Crippen LogP contribution in [0.5, 0.6) is 0 Å². The molecule has 114 valence electrons. The molecule has 3 unspecified atom stereocenters. The van der Waals surface area contributed by atoms with Crippen molar-refractivity contribution in [1.29, 1.82) is 0 Å². The van der Waals surface area contributed by atoms with Crippen molar-refractivity contribution in [2.45, 2.75) is 58.8 Å². The number of aliphatic hydroxyl groups is 2. The third-order valence-electron chi connectivity index (χ3n) is 3.65. The predicted molar refractivity (Wildman–Crippen MR) is 83.8 cm³/mol. The second-order valence-electron chi connectivity index (χ2n) is 6.29. The Hall–Kier alpha value is -0.900. The molecule has 0 heterocycles. The highest BCUT2D eigenvalue weighted by Crippen LogP contribution is 2.24. The van der Waals surface area contributed by atoms with Gasteiger partial charge < -0.3 is 15.5 Å². The molecule has 0 saturated heterocycles. The molecule has 3 atom stereocenters. The molecule has 0 amide bonds. The summed E-state index contributed by atoms with van der Waals surface area (Å²) in [5.74, 6) is 0.781. The van der Waals surface area contributed by atoms with Gasteiger partial charge in [-0.05, 0) is 29.9 Å². The fraction of sp³-hybridized carbons (Fsp3) is 0.647. The summed E-state index contributed by atoms with van der Waals surface area (Å²) in [7, 11) is 0. The van der Waals surface area contributed by atoms with Crippen LogP contribution < -0.4 is 5.32 Å². The van der Waals surface area contributed by atoms with E-state index in [0.29, 0.717) is 12.5 Å². The zero-order chi connectivity index (χ0) is 15.3. The van der Waals surface area contributed by atoms with Crippen LogP contribution in [0.3, 0.4) is 0 Å². The summed E-state index contributed by atoms with van der Waals surface area (Å²) in [6.07, 6.45) is -0.971. The van der Waals surface area contributed by atoms with Gasteiger partial charge in [0, 0.05) is 12.6 Å². The van der Waals surface area contributed by atoms with Crippen molar-refractivity contribution in [3.8, 4) is 0 Å². The van der Waals surface area contributed by atoms with Crippen LogP contribution in [0.2, 0.25) is 0 Å². The highest BCUT2D eigenvalue weighted by atomic mass is 16.3. The smallest absolute Gasteiger partial charge is 0.0945 e. The average Bonchev–Trinajstić information content (AvgIpc) is 2.38. The average molecular weight is 279 g/mol. The van der Waals surface area contributed by atoms with E-state index in [0.717, 1.165) is 5.56 Å². The molecule has 3 N–H and O–H groups in total. The van der Waals surface area contributed by atoms with E-state index in [2.05, 4.69) is 45.1 Å². The van der Waals surface area contributed by atoms with Crippen molar-refractivity contribution >= 4 is 0 Å². The number of rotatable bonds is 7. The lowest BCUT2D eigenvalue weighted by molar-refractivity contribution is 0.0930. The van der Waals surface area contributed by atoms with E-state index in [-0.39, 0.29) is 12.0 Å². The summed E-state index contributed by atoms with van der Waals surface area (Å²) in [4.78, 5) is 0. The predicted octanol–water partition coefficient (Wildman–Crippen LogP) is 2.84. The molecule has 1 rings (SSSR count). The maximum atomic E-state index is 10.5. The molecule has 0 fully saturated rings. The van der Waals surface area contributed by atoms with E-state index in [9.17, 15) is 10.2 Å². The third-order valence-corrected chi connectivity index (χ3v) is 3.65. The first-order valence-electron chi connectivity index (χ1n) is 7.52. The van der Waals surface area contributed by atoms with E-state index in [1.165, 1.54) is 5.56 Å². The first-order valence-corrected chi connectivity index (χ1v) is 7.52. The number of nitrogens with one attached hydrogen (secondary N) is 1. The van der Waals surface area contributed by atoms with Crippen LogP contribution in [0.15, 0.2) is 24.3 Å². The molecule has 0 saturated carbocycles. The van der Waals surface area contributed by atoms with Gasteiger partial charge in [0.25, 0.3) is 0 Å². The molecule has 0 aliphatic rings. The maximum absolute atomic E-state index is 10.5. The van der Waals surface area contributed by atoms with Crippen molar-refractivity contribution in [2.75, 3.05) is 6.54 Å². The molecule has 3 heteroatoms. The van der Waals surface area contributed by atoms with E-state index < -0.39 is 12.2 Å². The van der Waals surface area contributed by atoms with Gasteiger partial charge in [0.05, 0.1) is 12.2 Å². The number of hydrogen-bond acceptors (Lipinski definition) is 3. The summed E-state index contributed by atoms with van der Waals surface area (Å²) in [5, 5.41) is 23.2. The zero-order valence-corrected chi connectivity index (χ0v) is 13.3. The fourth-order valence-electron chi connectivity index (χ4n) is 2.30. The Morgan fingerprint density at radius 2 is 1.40 bits per heavy atom. The summed E-state index contributed by atoms with van der Waals surface area (Å²) in [6, 6.07) is 8.10. The number of benzene rings is 1. The zero-order valence-electron chi connectivity index (χ0n) is 13.3. The molecule has 0 bridgehead atoms. The van der Waals surface area contributed by atoms with Gasteiger partial charge in [0.2, 0.25) is 0 Å². The minimum Gasteiger partial charge on any atom is -0.392 e. The standard InChI is InChI=1S/C17H29NO2/c1-11(2)14-6-8-15(9-7-14)17(20)16(12(3)4)18-10-13(5)19/h6-9,11-13,16-20H,10H2,1-5H3.